The van der Waals surface area contributed by atoms with Crippen LogP contribution in [0, 0.1) is 16.7 Å². The van der Waals surface area contributed by atoms with Crippen LogP contribution in [0.25, 0.3) is 0 Å². The minimum atomic E-state index is -0.511. The second-order valence-electron chi connectivity index (χ2n) is 7.54. The number of carbonyl (C=O) groups is 1. The maximum Gasteiger partial charge on any atom is 0.313 e. The Hall–Kier alpha value is -0.610. The Labute approximate surface area is 122 Å². The van der Waals surface area contributed by atoms with Gasteiger partial charge in [0, 0.05) is 19.8 Å². The fraction of sp³-hybridized carbons (Fsp3) is 0.938. The first-order chi connectivity index (χ1) is 9.37. The third-order valence-electron chi connectivity index (χ3n) is 4.89. The van der Waals surface area contributed by atoms with Gasteiger partial charge in [0.15, 0.2) is 0 Å². The molecule has 1 aliphatic heterocycles. The van der Waals surface area contributed by atoms with Gasteiger partial charge in [-0.25, -0.2) is 0 Å². The largest absolute Gasteiger partial charge is 0.462 e. The third kappa shape index (κ3) is 3.53. The van der Waals surface area contributed by atoms with Crippen molar-refractivity contribution in [2.75, 3.05) is 19.8 Å². The molecular weight excluding hydrogens is 254 g/mol. The molecule has 0 aromatic rings. The van der Waals surface area contributed by atoms with Crippen LogP contribution in [-0.2, 0) is 14.3 Å². The lowest BCUT2D eigenvalue weighted by atomic mass is 9.71. The molecule has 0 radical (unpaired) electrons. The minimum Gasteiger partial charge on any atom is -0.462 e. The summed E-state index contributed by atoms with van der Waals surface area (Å²) >= 11 is 0. The van der Waals surface area contributed by atoms with E-state index in [1.54, 1.807) is 0 Å². The number of carbonyl (C=O) groups excluding carboxylic acids is 1. The second kappa shape index (κ2) is 6.02. The van der Waals surface area contributed by atoms with E-state index in [1.807, 2.05) is 0 Å². The standard InChI is InChI=1S/C16H29NO3/c1-12-8-13(10-15(2,3)9-12)20-14(18)16(11-17)4-6-19-7-5-16/h12-13H,4-11,17H2,1-3H3. The van der Waals surface area contributed by atoms with Gasteiger partial charge in [0.2, 0.25) is 0 Å². The highest BCUT2D eigenvalue weighted by atomic mass is 16.5. The van der Waals surface area contributed by atoms with E-state index in [2.05, 4.69) is 20.8 Å². The zero-order valence-electron chi connectivity index (χ0n) is 13.1. The number of esters is 1. The van der Waals surface area contributed by atoms with Crippen molar-refractivity contribution in [2.45, 2.75) is 59.0 Å². The van der Waals surface area contributed by atoms with E-state index >= 15 is 0 Å². The first kappa shape index (κ1) is 15.8. The molecule has 1 saturated heterocycles. The Morgan fingerprint density at radius 1 is 1.30 bits per heavy atom. The third-order valence-corrected chi connectivity index (χ3v) is 4.89. The normalized spacial score (nSPS) is 32.6. The van der Waals surface area contributed by atoms with Crippen molar-refractivity contribution in [3.05, 3.63) is 0 Å². The summed E-state index contributed by atoms with van der Waals surface area (Å²) in [6.45, 7) is 8.35. The molecule has 116 valence electrons. The molecular formula is C16H29NO3. The summed E-state index contributed by atoms with van der Waals surface area (Å²) < 4.78 is 11.2. The number of nitrogens with two attached hydrogens (primary N) is 1. The lowest BCUT2D eigenvalue weighted by Gasteiger charge is -2.41. The molecule has 0 amide bonds. The molecule has 2 atom stereocenters. The van der Waals surface area contributed by atoms with Gasteiger partial charge < -0.3 is 15.2 Å². The summed E-state index contributed by atoms with van der Waals surface area (Å²) in [5.41, 5.74) is 5.62. The molecule has 4 nitrogen and oxygen atoms in total. The summed E-state index contributed by atoms with van der Waals surface area (Å²) in [6.07, 6.45) is 4.57. The molecule has 2 fully saturated rings. The maximum atomic E-state index is 12.6. The number of rotatable bonds is 3. The topological polar surface area (TPSA) is 61.5 Å². The first-order valence-corrected chi connectivity index (χ1v) is 7.86. The van der Waals surface area contributed by atoms with E-state index in [0.29, 0.717) is 38.5 Å². The van der Waals surface area contributed by atoms with Gasteiger partial charge >= 0.3 is 5.97 Å². The van der Waals surface area contributed by atoms with Crippen LogP contribution in [0.2, 0.25) is 0 Å². The highest BCUT2D eigenvalue weighted by molar-refractivity contribution is 5.77. The van der Waals surface area contributed by atoms with Crippen molar-refractivity contribution in [3.8, 4) is 0 Å². The summed E-state index contributed by atoms with van der Waals surface area (Å²) in [7, 11) is 0. The van der Waals surface area contributed by atoms with Crippen LogP contribution < -0.4 is 5.73 Å². The molecule has 0 aromatic heterocycles. The van der Waals surface area contributed by atoms with Gasteiger partial charge in [0.1, 0.15) is 6.10 Å². The van der Waals surface area contributed by atoms with Crippen molar-refractivity contribution in [1.29, 1.82) is 0 Å². The summed E-state index contributed by atoms with van der Waals surface area (Å²) in [6, 6.07) is 0. The Balaban J connectivity index is 1.99. The molecule has 20 heavy (non-hydrogen) atoms. The van der Waals surface area contributed by atoms with E-state index in [9.17, 15) is 4.79 Å². The van der Waals surface area contributed by atoms with Gasteiger partial charge in [0.25, 0.3) is 0 Å². The van der Waals surface area contributed by atoms with E-state index in [0.717, 1.165) is 12.8 Å². The average molecular weight is 283 g/mol. The molecule has 4 heteroatoms. The summed E-state index contributed by atoms with van der Waals surface area (Å²) in [4.78, 5) is 12.6. The summed E-state index contributed by atoms with van der Waals surface area (Å²) in [5.74, 6) is 0.512. The van der Waals surface area contributed by atoms with Crippen molar-refractivity contribution in [1.82, 2.24) is 0 Å². The van der Waals surface area contributed by atoms with Gasteiger partial charge in [-0.05, 0) is 43.4 Å². The smallest absolute Gasteiger partial charge is 0.313 e. The lowest BCUT2D eigenvalue weighted by molar-refractivity contribution is -0.170. The van der Waals surface area contributed by atoms with Crippen LogP contribution in [0.4, 0.5) is 0 Å². The molecule has 1 aliphatic carbocycles. The quantitative estimate of drug-likeness (QED) is 0.808. The Morgan fingerprint density at radius 3 is 2.50 bits per heavy atom. The van der Waals surface area contributed by atoms with E-state index in [4.69, 9.17) is 15.2 Å². The van der Waals surface area contributed by atoms with Crippen LogP contribution in [0.5, 0.6) is 0 Å². The van der Waals surface area contributed by atoms with Crippen molar-refractivity contribution in [3.63, 3.8) is 0 Å². The monoisotopic (exact) mass is 283 g/mol. The molecule has 0 spiro atoms. The molecule has 0 aromatic carbocycles. The Morgan fingerprint density at radius 2 is 1.95 bits per heavy atom. The van der Waals surface area contributed by atoms with Crippen LogP contribution in [-0.4, -0.2) is 31.8 Å². The SMILES string of the molecule is CC1CC(OC(=O)C2(CN)CCOCC2)CC(C)(C)C1. The molecule has 1 heterocycles. The number of hydrogen-bond donors (Lipinski definition) is 1. The van der Waals surface area contributed by atoms with E-state index in [-0.39, 0.29) is 17.5 Å². The van der Waals surface area contributed by atoms with Crippen molar-refractivity contribution < 1.29 is 14.3 Å². The Kier molecular flexibility index (Phi) is 4.75. The van der Waals surface area contributed by atoms with Crippen molar-refractivity contribution >= 4 is 5.97 Å². The predicted octanol–water partition coefficient (Wildman–Crippen LogP) is 2.50. The maximum absolute atomic E-state index is 12.6. The Bertz CT molecular complexity index is 348. The van der Waals surface area contributed by atoms with Gasteiger partial charge in [-0.2, -0.15) is 0 Å². The highest BCUT2D eigenvalue weighted by Gasteiger charge is 2.43. The summed E-state index contributed by atoms with van der Waals surface area (Å²) in [5, 5.41) is 0. The van der Waals surface area contributed by atoms with Crippen LogP contribution in [0.1, 0.15) is 52.9 Å². The van der Waals surface area contributed by atoms with Gasteiger partial charge in [0.05, 0.1) is 5.41 Å². The first-order valence-electron chi connectivity index (χ1n) is 7.86. The zero-order chi connectivity index (χ0) is 14.8. The number of ether oxygens (including phenoxy) is 2. The molecule has 0 bridgehead atoms. The van der Waals surface area contributed by atoms with Crippen LogP contribution >= 0.6 is 0 Å². The average Bonchev–Trinajstić information content (AvgIpc) is 2.37. The van der Waals surface area contributed by atoms with Gasteiger partial charge in [-0.15, -0.1) is 0 Å². The zero-order valence-corrected chi connectivity index (χ0v) is 13.1. The molecule has 1 saturated carbocycles. The van der Waals surface area contributed by atoms with Gasteiger partial charge in [-0.1, -0.05) is 20.8 Å². The molecule has 2 rings (SSSR count). The minimum absolute atomic E-state index is 0.0486. The van der Waals surface area contributed by atoms with Crippen molar-refractivity contribution in [2.24, 2.45) is 22.5 Å². The van der Waals surface area contributed by atoms with Gasteiger partial charge in [-0.3, -0.25) is 4.79 Å². The predicted molar refractivity (Wildman–Crippen MR) is 78.2 cm³/mol. The fourth-order valence-corrected chi connectivity index (χ4v) is 3.88. The number of hydrogen-bond acceptors (Lipinski definition) is 4. The highest BCUT2D eigenvalue weighted by Crippen LogP contribution is 2.41. The molecule has 2 aliphatic rings. The van der Waals surface area contributed by atoms with Crippen LogP contribution in [0.3, 0.4) is 0 Å². The second-order valence-corrected chi connectivity index (χ2v) is 7.54. The van der Waals surface area contributed by atoms with E-state index in [1.165, 1.54) is 6.42 Å². The fourth-order valence-electron chi connectivity index (χ4n) is 3.88. The molecule has 2 N–H and O–H groups in total. The van der Waals surface area contributed by atoms with E-state index < -0.39 is 5.41 Å². The lowest BCUT2D eigenvalue weighted by Crippen LogP contribution is -2.46. The molecule has 2 unspecified atom stereocenters. The van der Waals surface area contributed by atoms with Crippen LogP contribution in [0.15, 0.2) is 0 Å².